The molecule has 0 radical (unpaired) electrons. The van der Waals surface area contributed by atoms with E-state index >= 15 is 0 Å². The van der Waals surface area contributed by atoms with Crippen LogP contribution in [0.5, 0.6) is 0 Å². The van der Waals surface area contributed by atoms with E-state index in [-0.39, 0.29) is 12.6 Å². The van der Waals surface area contributed by atoms with Crippen molar-refractivity contribution in [1.29, 1.82) is 0 Å². The molecule has 1 aliphatic carbocycles. The molecule has 0 bridgehead atoms. The molecule has 1 unspecified atom stereocenters. The van der Waals surface area contributed by atoms with Crippen molar-refractivity contribution in [2.24, 2.45) is 0 Å². The Morgan fingerprint density at radius 2 is 1.70 bits per heavy atom. The molecule has 2 heteroatoms. The lowest BCUT2D eigenvalue weighted by Gasteiger charge is -2.29. The zero-order valence-corrected chi connectivity index (χ0v) is 11.6. The van der Waals surface area contributed by atoms with Crippen LogP contribution in [0.25, 0.3) is 0 Å². The molecule has 3 rings (SSSR count). The molecule has 104 valence electrons. The molecular formula is C18H21NO. The third kappa shape index (κ3) is 2.92. The van der Waals surface area contributed by atoms with Crippen molar-refractivity contribution < 1.29 is 5.11 Å². The Morgan fingerprint density at radius 1 is 1.00 bits per heavy atom. The van der Waals surface area contributed by atoms with Gasteiger partial charge < -0.3 is 10.4 Å². The molecule has 0 aromatic heterocycles. The molecule has 0 amide bonds. The lowest BCUT2D eigenvalue weighted by molar-refractivity contribution is 0.228. The van der Waals surface area contributed by atoms with E-state index < -0.39 is 0 Å². The summed E-state index contributed by atoms with van der Waals surface area (Å²) in [5.74, 6) is 0. The number of hydrogen-bond donors (Lipinski definition) is 2. The summed E-state index contributed by atoms with van der Waals surface area (Å²) < 4.78 is 0. The first kappa shape index (κ1) is 13.3. The predicted octanol–water partition coefficient (Wildman–Crippen LogP) is 2.87. The van der Waals surface area contributed by atoms with Gasteiger partial charge in [0.05, 0.1) is 12.6 Å². The van der Waals surface area contributed by atoms with Gasteiger partial charge in [0.2, 0.25) is 0 Å². The van der Waals surface area contributed by atoms with E-state index in [9.17, 15) is 5.11 Å². The Bertz CT molecular complexity index is 552. The summed E-state index contributed by atoms with van der Waals surface area (Å²) in [5.41, 5.74) is 4.08. The molecule has 0 fully saturated rings. The molecule has 0 aliphatic heterocycles. The summed E-state index contributed by atoms with van der Waals surface area (Å²) in [5, 5.41) is 13.3. The molecule has 2 N–H and O–H groups in total. The van der Waals surface area contributed by atoms with Gasteiger partial charge in [-0.2, -0.15) is 0 Å². The first-order chi connectivity index (χ1) is 9.86. The molecule has 20 heavy (non-hydrogen) atoms. The number of hydrogen-bond acceptors (Lipinski definition) is 2. The molecule has 2 aromatic rings. The van der Waals surface area contributed by atoms with Gasteiger partial charge in [0.25, 0.3) is 0 Å². The highest BCUT2D eigenvalue weighted by Gasteiger charge is 2.21. The lowest BCUT2D eigenvalue weighted by Crippen LogP contribution is -2.38. The molecule has 2 aromatic carbocycles. The van der Waals surface area contributed by atoms with Crippen LogP contribution < -0.4 is 5.32 Å². The largest absolute Gasteiger partial charge is 0.394 e. The molecule has 0 saturated carbocycles. The third-order valence-corrected chi connectivity index (χ3v) is 4.17. The average Bonchev–Trinajstić information content (AvgIpc) is 2.53. The zero-order chi connectivity index (χ0) is 13.8. The van der Waals surface area contributed by atoms with Gasteiger partial charge in [-0.3, -0.25) is 0 Å². The second-order valence-corrected chi connectivity index (χ2v) is 5.52. The molecule has 1 aliphatic rings. The van der Waals surface area contributed by atoms with E-state index in [0.717, 1.165) is 24.8 Å². The minimum absolute atomic E-state index is 0.0338. The zero-order valence-electron chi connectivity index (χ0n) is 11.6. The molecule has 0 spiro atoms. The maximum Gasteiger partial charge on any atom is 0.0626 e. The topological polar surface area (TPSA) is 32.3 Å². The van der Waals surface area contributed by atoms with Crippen molar-refractivity contribution in [3.63, 3.8) is 0 Å². The number of nitrogens with one attached hydrogen (secondary N) is 1. The monoisotopic (exact) mass is 267 g/mol. The Morgan fingerprint density at radius 3 is 2.45 bits per heavy atom. The molecule has 2 nitrogen and oxygen atoms in total. The van der Waals surface area contributed by atoms with Gasteiger partial charge in [-0.25, -0.2) is 0 Å². The van der Waals surface area contributed by atoms with Gasteiger partial charge >= 0.3 is 0 Å². The fraction of sp³-hybridized carbons (Fsp3) is 0.333. The van der Waals surface area contributed by atoms with Gasteiger partial charge in [0.15, 0.2) is 0 Å². The van der Waals surface area contributed by atoms with Crippen LogP contribution in [0.2, 0.25) is 0 Å². The van der Waals surface area contributed by atoms with Crippen molar-refractivity contribution in [3.05, 3.63) is 71.3 Å². The molecular weight excluding hydrogens is 246 g/mol. The number of aryl methyl sites for hydroxylation is 1. The number of benzene rings is 2. The maximum absolute atomic E-state index is 9.64. The van der Waals surface area contributed by atoms with Crippen molar-refractivity contribution >= 4 is 0 Å². The smallest absolute Gasteiger partial charge is 0.0626 e. The number of rotatable bonds is 4. The summed E-state index contributed by atoms with van der Waals surface area (Å²) >= 11 is 0. The van der Waals surface area contributed by atoms with E-state index in [1.54, 1.807) is 0 Å². The van der Waals surface area contributed by atoms with Crippen molar-refractivity contribution in [1.82, 2.24) is 5.32 Å². The van der Waals surface area contributed by atoms with Crippen LogP contribution in [0.3, 0.4) is 0 Å². The quantitative estimate of drug-likeness (QED) is 0.893. The standard InChI is InChI=1S/C18H21NO/c20-13-18(15-7-2-1-3-8-15)19-17-11-10-14-6-4-5-9-16(14)12-17/h1-9,17-20H,10-13H2/t17?,18-/m1/s1. The first-order valence-electron chi connectivity index (χ1n) is 7.35. The van der Waals surface area contributed by atoms with Crippen molar-refractivity contribution in [2.45, 2.75) is 31.3 Å². The summed E-state index contributed by atoms with van der Waals surface area (Å²) in [6, 6.07) is 19.4. The van der Waals surface area contributed by atoms with E-state index in [1.165, 1.54) is 11.1 Å². The van der Waals surface area contributed by atoms with Crippen LogP contribution in [-0.2, 0) is 12.8 Å². The second-order valence-electron chi connectivity index (χ2n) is 5.52. The Labute approximate surface area is 120 Å². The summed E-state index contributed by atoms with van der Waals surface area (Å²) in [4.78, 5) is 0. The van der Waals surface area contributed by atoms with Crippen LogP contribution in [0, 0.1) is 0 Å². The molecule has 0 heterocycles. The fourth-order valence-corrected chi connectivity index (χ4v) is 3.06. The number of aliphatic hydroxyl groups is 1. The Hall–Kier alpha value is -1.64. The van der Waals surface area contributed by atoms with Gasteiger partial charge in [0.1, 0.15) is 0 Å². The van der Waals surface area contributed by atoms with Crippen molar-refractivity contribution in [3.8, 4) is 0 Å². The SMILES string of the molecule is OC[C@@H](NC1CCc2ccccc2C1)c1ccccc1. The lowest BCUT2D eigenvalue weighted by atomic mass is 9.87. The highest BCUT2D eigenvalue weighted by atomic mass is 16.3. The maximum atomic E-state index is 9.64. The van der Waals surface area contributed by atoms with Crippen LogP contribution in [-0.4, -0.2) is 17.8 Å². The van der Waals surface area contributed by atoms with Crippen LogP contribution >= 0.6 is 0 Å². The van der Waals surface area contributed by atoms with E-state index in [4.69, 9.17) is 0 Å². The predicted molar refractivity (Wildman–Crippen MR) is 81.7 cm³/mol. The first-order valence-corrected chi connectivity index (χ1v) is 7.35. The number of fused-ring (bicyclic) bond motifs is 1. The minimum atomic E-state index is 0.0338. The third-order valence-electron chi connectivity index (χ3n) is 4.17. The van der Waals surface area contributed by atoms with E-state index in [1.807, 2.05) is 18.2 Å². The molecule has 2 atom stereocenters. The van der Waals surface area contributed by atoms with E-state index in [0.29, 0.717) is 6.04 Å². The number of aliphatic hydroxyl groups excluding tert-OH is 1. The van der Waals surface area contributed by atoms with Crippen LogP contribution in [0.1, 0.15) is 29.2 Å². The minimum Gasteiger partial charge on any atom is -0.394 e. The van der Waals surface area contributed by atoms with Gasteiger partial charge in [-0.1, -0.05) is 54.6 Å². The average molecular weight is 267 g/mol. The van der Waals surface area contributed by atoms with Crippen LogP contribution in [0.4, 0.5) is 0 Å². The fourth-order valence-electron chi connectivity index (χ4n) is 3.06. The van der Waals surface area contributed by atoms with Gasteiger partial charge in [-0.15, -0.1) is 0 Å². The van der Waals surface area contributed by atoms with Gasteiger partial charge in [0, 0.05) is 6.04 Å². The second kappa shape index (κ2) is 6.21. The highest BCUT2D eigenvalue weighted by Crippen LogP contribution is 2.23. The van der Waals surface area contributed by atoms with E-state index in [2.05, 4.69) is 41.7 Å². The summed E-state index contributed by atoms with van der Waals surface area (Å²) in [7, 11) is 0. The summed E-state index contributed by atoms with van der Waals surface area (Å²) in [6.45, 7) is 0.141. The van der Waals surface area contributed by atoms with Gasteiger partial charge in [-0.05, 0) is 36.0 Å². The Kier molecular flexibility index (Phi) is 4.14. The van der Waals surface area contributed by atoms with Crippen molar-refractivity contribution in [2.75, 3.05) is 6.61 Å². The summed E-state index contributed by atoms with van der Waals surface area (Å²) in [6.07, 6.45) is 3.32. The highest BCUT2D eigenvalue weighted by molar-refractivity contribution is 5.30. The Balaban J connectivity index is 1.69. The molecule has 0 saturated heterocycles. The normalized spacial score (nSPS) is 19.4. The van der Waals surface area contributed by atoms with Crippen LogP contribution in [0.15, 0.2) is 54.6 Å².